The number of carbonyl (C=O) groups is 1. The van der Waals surface area contributed by atoms with Gasteiger partial charge in [-0.1, -0.05) is 24.3 Å². The van der Waals surface area contributed by atoms with Crippen LogP contribution in [0, 0.1) is 18.8 Å². The third kappa shape index (κ3) is 5.23. The molecule has 1 heterocycles. The number of rotatable bonds is 10. The van der Waals surface area contributed by atoms with E-state index in [0.29, 0.717) is 19.6 Å². The van der Waals surface area contributed by atoms with Gasteiger partial charge in [0.25, 0.3) is 0 Å². The third-order valence-corrected chi connectivity index (χ3v) is 8.17. The van der Waals surface area contributed by atoms with Crippen molar-refractivity contribution in [3.8, 4) is 16.9 Å². The van der Waals surface area contributed by atoms with Gasteiger partial charge in [0.2, 0.25) is 0 Å². The third-order valence-electron chi connectivity index (χ3n) is 7.14. The molecule has 3 atom stereocenters. The Morgan fingerprint density at radius 2 is 2.03 bits per heavy atom. The van der Waals surface area contributed by atoms with Crippen molar-refractivity contribution < 1.29 is 23.1 Å². The highest BCUT2D eigenvalue weighted by atomic mass is 32.2. The van der Waals surface area contributed by atoms with Gasteiger partial charge in [-0.2, -0.15) is 0 Å². The fraction of sp³-hybridized carbons (Fsp3) is 0.357. The Hall–Kier alpha value is -3.39. The molecule has 1 saturated carbocycles. The molecule has 3 aromatic rings. The van der Waals surface area contributed by atoms with Crippen LogP contribution in [0.4, 0.5) is 5.82 Å². The average Bonchev–Trinajstić information content (AvgIpc) is 3.43. The first-order chi connectivity index (χ1) is 17.2. The minimum absolute atomic E-state index is 0.156. The van der Waals surface area contributed by atoms with Crippen LogP contribution in [0.15, 0.2) is 54.7 Å². The van der Waals surface area contributed by atoms with E-state index in [2.05, 4.69) is 22.4 Å². The number of ether oxygens (including phenoxy) is 1. The zero-order valence-electron chi connectivity index (χ0n) is 20.4. The summed E-state index contributed by atoms with van der Waals surface area (Å²) in [6.07, 6.45) is 4.44. The molecule has 0 amide bonds. The lowest BCUT2D eigenvalue weighted by atomic mass is 10.0. The highest BCUT2D eigenvalue weighted by Crippen LogP contribution is 2.61. The molecule has 8 heteroatoms. The normalized spacial score (nSPS) is 19.9. The van der Waals surface area contributed by atoms with Gasteiger partial charge in [0.15, 0.2) is 0 Å². The number of nitrogens with zero attached hydrogens (tertiary/aromatic N) is 1. The highest BCUT2D eigenvalue weighted by molar-refractivity contribution is 7.90. The number of benzene rings is 2. The van der Waals surface area contributed by atoms with Crippen LogP contribution in [0.5, 0.6) is 5.75 Å². The molecule has 36 heavy (non-hydrogen) atoms. The van der Waals surface area contributed by atoms with Crippen LogP contribution in [0.1, 0.15) is 34.6 Å². The van der Waals surface area contributed by atoms with Crippen molar-refractivity contribution in [2.45, 2.75) is 32.3 Å². The van der Waals surface area contributed by atoms with Crippen LogP contribution in [0.2, 0.25) is 0 Å². The highest BCUT2D eigenvalue weighted by Gasteiger charge is 2.59. The number of sulfone groups is 1. The van der Waals surface area contributed by atoms with E-state index in [9.17, 15) is 18.3 Å². The van der Waals surface area contributed by atoms with Crippen LogP contribution >= 0.6 is 0 Å². The number of carboxylic acid groups (broad SMARTS) is 1. The van der Waals surface area contributed by atoms with Crippen molar-refractivity contribution in [3.63, 3.8) is 0 Å². The Kier molecular flexibility index (Phi) is 6.47. The van der Waals surface area contributed by atoms with Gasteiger partial charge >= 0.3 is 5.97 Å². The van der Waals surface area contributed by atoms with Gasteiger partial charge in [0, 0.05) is 30.5 Å². The lowest BCUT2D eigenvalue weighted by Gasteiger charge is -2.13. The molecule has 2 aromatic carbocycles. The van der Waals surface area contributed by atoms with E-state index in [1.807, 2.05) is 49.5 Å². The summed E-state index contributed by atoms with van der Waals surface area (Å²) in [5.74, 6) is 1.21. The Labute approximate surface area is 211 Å². The number of aromatic nitrogens is 1. The summed E-state index contributed by atoms with van der Waals surface area (Å²) in [5.41, 5.74) is 6.58. The van der Waals surface area contributed by atoms with Crippen LogP contribution in [0.3, 0.4) is 0 Å². The first-order valence-corrected chi connectivity index (χ1v) is 14.2. The molecular weight excluding hydrogens is 476 g/mol. The van der Waals surface area contributed by atoms with E-state index in [0.717, 1.165) is 45.8 Å². The fourth-order valence-electron chi connectivity index (χ4n) is 5.32. The molecule has 2 aliphatic rings. The van der Waals surface area contributed by atoms with Gasteiger partial charge in [-0.3, -0.25) is 4.79 Å². The number of hydrogen-bond donors (Lipinski definition) is 2. The average molecular weight is 507 g/mol. The molecule has 2 N–H and O–H groups in total. The lowest BCUT2D eigenvalue weighted by Crippen LogP contribution is -2.10. The second-order valence-corrected chi connectivity index (χ2v) is 12.2. The maximum atomic E-state index is 11.3. The molecular formula is C28H30N2O5S. The predicted molar refractivity (Wildman–Crippen MR) is 139 cm³/mol. The van der Waals surface area contributed by atoms with E-state index in [1.54, 1.807) is 0 Å². The maximum Gasteiger partial charge on any atom is 0.307 e. The molecule has 0 unspecified atom stereocenters. The summed E-state index contributed by atoms with van der Waals surface area (Å²) in [6.45, 7) is 3.02. The van der Waals surface area contributed by atoms with E-state index in [4.69, 9.17) is 4.74 Å². The number of carboxylic acids is 1. The van der Waals surface area contributed by atoms with Crippen LogP contribution < -0.4 is 10.1 Å². The number of anilines is 1. The minimum atomic E-state index is -2.95. The van der Waals surface area contributed by atoms with Crippen LogP contribution in [-0.2, 0) is 27.7 Å². The Morgan fingerprint density at radius 1 is 1.19 bits per heavy atom. The van der Waals surface area contributed by atoms with E-state index in [1.165, 1.54) is 11.8 Å². The van der Waals surface area contributed by atoms with Gasteiger partial charge in [-0.25, -0.2) is 13.4 Å². The van der Waals surface area contributed by atoms with Gasteiger partial charge in [0.1, 0.15) is 28.0 Å². The zero-order chi connectivity index (χ0) is 25.4. The second kappa shape index (κ2) is 9.58. The van der Waals surface area contributed by atoms with Crippen molar-refractivity contribution in [3.05, 3.63) is 77.0 Å². The Balaban J connectivity index is 1.20. The van der Waals surface area contributed by atoms with Gasteiger partial charge in [-0.05, 0) is 77.8 Å². The number of aryl methyl sites for hydroxylation is 1. The SMILES string of the molecule is Cc1cc(NCCCS(C)(=O)=O)ncc1-c1cccc(COc2ccc3c(c2)C[C@H]2[C@H](C(=O)O)[C@@H]32)c1. The first-order valence-electron chi connectivity index (χ1n) is 12.2. The summed E-state index contributed by atoms with van der Waals surface area (Å²) in [6, 6.07) is 16.2. The van der Waals surface area contributed by atoms with Crippen molar-refractivity contribution in [1.29, 1.82) is 0 Å². The number of aliphatic carboxylic acids is 1. The number of pyridine rings is 1. The monoisotopic (exact) mass is 506 g/mol. The summed E-state index contributed by atoms with van der Waals surface area (Å²) in [5, 5.41) is 12.5. The molecule has 1 aromatic heterocycles. The molecule has 0 bridgehead atoms. The van der Waals surface area contributed by atoms with Crippen molar-refractivity contribution >= 4 is 21.6 Å². The number of nitrogens with one attached hydrogen (secondary N) is 1. The number of hydrogen-bond acceptors (Lipinski definition) is 6. The maximum absolute atomic E-state index is 11.3. The van der Waals surface area contributed by atoms with E-state index >= 15 is 0 Å². The van der Waals surface area contributed by atoms with E-state index in [-0.39, 0.29) is 23.5 Å². The quantitative estimate of drug-likeness (QED) is 0.391. The molecule has 0 saturated heterocycles. The van der Waals surface area contributed by atoms with Gasteiger partial charge in [-0.15, -0.1) is 0 Å². The molecule has 0 radical (unpaired) electrons. The van der Waals surface area contributed by atoms with Crippen molar-refractivity contribution in [1.82, 2.24) is 4.98 Å². The minimum Gasteiger partial charge on any atom is -0.489 e. The lowest BCUT2D eigenvalue weighted by molar-refractivity contribution is -0.139. The largest absolute Gasteiger partial charge is 0.489 e. The Bertz CT molecular complexity index is 1420. The van der Waals surface area contributed by atoms with Crippen LogP contribution in [-0.4, -0.2) is 43.0 Å². The number of fused-ring (bicyclic) bond motifs is 3. The fourth-order valence-corrected chi connectivity index (χ4v) is 5.99. The second-order valence-electron chi connectivity index (χ2n) is 9.90. The predicted octanol–water partition coefficient (Wildman–Crippen LogP) is 4.45. The summed E-state index contributed by atoms with van der Waals surface area (Å²) in [7, 11) is -2.95. The summed E-state index contributed by atoms with van der Waals surface area (Å²) < 4.78 is 28.6. The molecule has 188 valence electrons. The topological polar surface area (TPSA) is 106 Å². The molecule has 0 aliphatic heterocycles. The summed E-state index contributed by atoms with van der Waals surface area (Å²) in [4.78, 5) is 15.8. The molecule has 7 nitrogen and oxygen atoms in total. The standard InChI is InChI=1S/C28H30N2O5S/c1-17-11-25(29-9-4-10-36(2,33)34)30-15-24(17)19-6-3-5-18(12-19)16-35-21-7-8-22-20(13-21)14-23-26(22)27(23)28(31)32/h3,5-8,11-13,15,23,26-27H,4,9-10,14,16H2,1-2H3,(H,29,30)(H,31,32)/t23-,26+,27+/m1/s1. The Morgan fingerprint density at radius 3 is 2.78 bits per heavy atom. The first kappa shape index (κ1) is 24.3. The van der Waals surface area contributed by atoms with Gasteiger partial charge in [0.05, 0.1) is 11.7 Å². The molecule has 2 aliphatic carbocycles. The summed E-state index contributed by atoms with van der Waals surface area (Å²) >= 11 is 0. The van der Waals surface area contributed by atoms with Gasteiger partial charge < -0.3 is 15.2 Å². The molecule has 1 fully saturated rings. The van der Waals surface area contributed by atoms with E-state index < -0.39 is 15.8 Å². The van der Waals surface area contributed by atoms with Crippen molar-refractivity contribution in [2.75, 3.05) is 23.9 Å². The molecule has 5 rings (SSSR count). The zero-order valence-corrected chi connectivity index (χ0v) is 21.2. The van der Waals surface area contributed by atoms with Crippen LogP contribution in [0.25, 0.3) is 11.1 Å². The van der Waals surface area contributed by atoms with Crippen molar-refractivity contribution in [2.24, 2.45) is 11.8 Å². The molecule has 0 spiro atoms. The smallest absolute Gasteiger partial charge is 0.307 e.